The fraction of sp³-hybridized carbons (Fsp3) is 0.222. The molecule has 0 unspecified atom stereocenters. The third-order valence-electron chi connectivity index (χ3n) is 3.62. The molecule has 0 aromatic heterocycles. The highest BCUT2D eigenvalue weighted by molar-refractivity contribution is 5.75. The Morgan fingerprint density at radius 2 is 1.45 bits per heavy atom. The normalized spacial score (nSPS) is 12.4. The van der Waals surface area contributed by atoms with E-state index in [0.717, 1.165) is 28.1 Å². The van der Waals surface area contributed by atoms with E-state index in [4.69, 9.17) is 11.5 Å². The van der Waals surface area contributed by atoms with Gasteiger partial charge in [0.1, 0.15) is 0 Å². The molecule has 20 heavy (non-hydrogen) atoms. The van der Waals surface area contributed by atoms with Crippen molar-refractivity contribution in [2.24, 2.45) is 0 Å². The van der Waals surface area contributed by atoms with Crippen molar-refractivity contribution in [2.45, 2.75) is 26.2 Å². The molecule has 0 atom stereocenters. The van der Waals surface area contributed by atoms with Gasteiger partial charge in [-0.15, -0.1) is 0 Å². The zero-order valence-corrected chi connectivity index (χ0v) is 12.4. The molecule has 2 nitrogen and oxygen atoms in total. The summed E-state index contributed by atoms with van der Waals surface area (Å²) in [5.74, 6) is 0. The number of nitrogen functional groups attached to an aromatic ring is 2. The van der Waals surface area contributed by atoms with Crippen molar-refractivity contribution in [1.29, 1.82) is 0 Å². The second-order valence-corrected chi connectivity index (χ2v) is 5.72. The quantitative estimate of drug-likeness (QED) is 0.817. The summed E-state index contributed by atoms with van der Waals surface area (Å²) in [4.78, 5) is 0. The molecule has 4 N–H and O–H groups in total. The van der Waals surface area contributed by atoms with Crippen molar-refractivity contribution >= 4 is 16.9 Å². The van der Waals surface area contributed by atoms with E-state index in [1.807, 2.05) is 42.5 Å². The van der Waals surface area contributed by atoms with Crippen molar-refractivity contribution in [2.75, 3.05) is 11.5 Å². The summed E-state index contributed by atoms with van der Waals surface area (Å²) in [7, 11) is 0. The summed E-state index contributed by atoms with van der Waals surface area (Å²) in [6.45, 7) is 6.43. The van der Waals surface area contributed by atoms with Crippen LogP contribution in [0.15, 0.2) is 54.6 Å². The fourth-order valence-electron chi connectivity index (χ4n) is 2.64. The predicted molar refractivity (Wildman–Crippen MR) is 88.4 cm³/mol. The van der Waals surface area contributed by atoms with Gasteiger partial charge in [0.25, 0.3) is 0 Å². The summed E-state index contributed by atoms with van der Waals surface area (Å²) in [5, 5.41) is 0. The lowest BCUT2D eigenvalue weighted by atomic mass is 9.81. The van der Waals surface area contributed by atoms with Gasteiger partial charge >= 0.3 is 0 Å². The van der Waals surface area contributed by atoms with Crippen molar-refractivity contribution in [3.05, 3.63) is 65.7 Å². The van der Waals surface area contributed by atoms with Gasteiger partial charge in [0, 0.05) is 22.4 Å². The first-order valence-corrected chi connectivity index (χ1v) is 6.81. The lowest BCUT2D eigenvalue weighted by Crippen LogP contribution is -2.16. The van der Waals surface area contributed by atoms with Crippen molar-refractivity contribution in [3.63, 3.8) is 0 Å². The smallest absolute Gasteiger partial charge is 0.0390 e. The highest BCUT2D eigenvalue weighted by Gasteiger charge is 2.20. The molecule has 0 aliphatic heterocycles. The molecule has 0 aliphatic rings. The van der Waals surface area contributed by atoms with E-state index in [1.165, 1.54) is 0 Å². The largest absolute Gasteiger partial charge is 0.398 e. The van der Waals surface area contributed by atoms with Crippen LogP contribution in [0.4, 0.5) is 11.4 Å². The second-order valence-electron chi connectivity index (χ2n) is 5.72. The number of anilines is 2. The Bertz CT molecular complexity index is 639. The van der Waals surface area contributed by atoms with Gasteiger partial charge in [-0.1, -0.05) is 56.3 Å². The standard InChI is InChI=1S/C18H22N2/c1-13(14-8-4-6-10-16(14)19)12-18(2,3)15-9-5-7-11-17(15)20/h4-12H,19-20H2,1-3H3/b13-12-. The molecule has 104 valence electrons. The Balaban J connectivity index is 2.43. The van der Waals surface area contributed by atoms with Gasteiger partial charge in [-0.3, -0.25) is 0 Å². The molecule has 0 aliphatic carbocycles. The van der Waals surface area contributed by atoms with E-state index in [2.05, 4.69) is 32.9 Å². The number of hydrogen-bond acceptors (Lipinski definition) is 2. The molecule has 0 fully saturated rings. The number of rotatable bonds is 3. The van der Waals surface area contributed by atoms with Crippen LogP contribution in [0.5, 0.6) is 0 Å². The Labute approximate surface area is 121 Å². The van der Waals surface area contributed by atoms with E-state index >= 15 is 0 Å². The van der Waals surface area contributed by atoms with Crippen LogP contribution in [-0.2, 0) is 5.41 Å². The molecular formula is C18H22N2. The Hall–Kier alpha value is -2.22. The molecule has 0 heterocycles. The minimum Gasteiger partial charge on any atom is -0.398 e. The van der Waals surface area contributed by atoms with Gasteiger partial charge in [-0.05, 0) is 30.2 Å². The van der Waals surface area contributed by atoms with E-state index in [1.54, 1.807) is 0 Å². The number of allylic oxidation sites excluding steroid dienone is 2. The van der Waals surface area contributed by atoms with E-state index in [0.29, 0.717) is 0 Å². The SMILES string of the molecule is C/C(=C/C(C)(C)c1ccccc1N)c1ccccc1N. The average Bonchev–Trinajstić information content (AvgIpc) is 2.38. The van der Waals surface area contributed by atoms with E-state index < -0.39 is 0 Å². The molecular weight excluding hydrogens is 244 g/mol. The maximum absolute atomic E-state index is 6.10. The van der Waals surface area contributed by atoms with Crippen molar-refractivity contribution in [1.82, 2.24) is 0 Å². The van der Waals surface area contributed by atoms with Crippen LogP contribution >= 0.6 is 0 Å². The number of benzene rings is 2. The van der Waals surface area contributed by atoms with E-state index in [9.17, 15) is 0 Å². The Morgan fingerprint density at radius 3 is 2.05 bits per heavy atom. The first kappa shape index (κ1) is 14.2. The zero-order chi connectivity index (χ0) is 14.8. The number of hydrogen-bond donors (Lipinski definition) is 2. The zero-order valence-electron chi connectivity index (χ0n) is 12.4. The molecule has 0 amide bonds. The number of nitrogens with two attached hydrogens (primary N) is 2. The van der Waals surface area contributed by atoms with Crippen molar-refractivity contribution in [3.8, 4) is 0 Å². The molecule has 0 bridgehead atoms. The van der Waals surface area contributed by atoms with Gasteiger partial charge in [0.05, 0.1) is 0 Å². The molecule has 0 saturated heterocycles. The third-order valence-corrected chi connectivity index (χ3v) is 3.62. The van der Waals surface area contributed by atoms with Crippen LogP contribution < -0.4 is 11.5 Å². The summed E-state index contributed by atoms with van der Waals surface area (Å²) >= 11 is 0. The molecule has 2 aromatic carbocycles. The van der Waals surface area contributed by atoms with Gasteiger partial charge in [0.2, 0.25) is 0 Å². The molecule has 2 aromatic rings. The summed E-state index contributed by atoms with van der Waals surface area (Å²) in [6.07, 6.45) is 2.23. The Kier molecular flexibility index (Phi) is 3.84. The molecule has 0 spiro atoms. The minimum atomic E-state index is -0.141. The van der Waals surface area contributed by atoms with Crippen LogP contribution in [0, 0.1) is 0 Å². The highest BCUT2D eigenvalue weighted by atomic mass is 14.6. The predicted octanol–water partition coefficient (Wildman–Crippen LogP) is 4.23. The van der Waals surface area contributed by atoms with Crippen LogP contribution in [0.25, 0.3) is 5.57 Å². The topological polar surface area (TPSA) is 52.0 Å². The molecule has 2 heteroatoms. The summed E-state index contributed by atoms with van der Waals surface area (Å²) < 4.78 is 0. The second kappa shape index (κ2) is 5.41. The first-order chi connectivity index (χ1) is 9.42. The molecule has 2 rings (SSSR count). The highest BCUT2D eigenvalue weighted by Crippen LogP contribution is 2.33. The van der Waals surface area contributed by atoms with Crippen LogP contribution in [0.1, 0.15) is 31.9 Å². The van der Waals surface area contributed by atoms with Crippen LogP contribution in [0.2, 0.25) is 0 Å². The van der Waals surface area contributed by atoms with Gasteiger partial charge in [0.15, 0.2) is 0 Å². The molecule has 0 radical (unpaired) electrons. The summed E-state index contributed by atoms with van der Waals surface area (Å²) in [6, 6.07) is 15.9. The van der Waals surface area contributed by atoms with Crippen molar-refractivity contribution < 1.29 is 0 Å². The third kappa shape index (κ3) is 2.85. The van der Waals surface area contributed by atoms with Crippen LogP contribution in [0.3, 0.4) is 0 Å². The molecule has 0 saturated carbocycles. The lowest BCUT2D eigenvalue weighted by Gasteiger charge is -2.24. The average molecular weight is 266 g/mol. The number of para-hydroxylation sites is 2. The van der Waals surface area contributed by atoms with E-state index in [-0.39, 0.29) is 5.41 Å². The fourth-order valence-corrected chi connectivity index (χ4v) is 2.64. The first-order valence-electron chi connectivity index (χ1n) is 6.81. The van der Waals surface area contributed by atoms with Gasteiger partial charge in [-0.2, -0.15) is 0 Å². The maximum atomic E-state index is 6.10. The monoisotopic (exact) mass is 266 g/mol. The van der Waals surface area contributed by atoms with Crippen LogP contribution in [-0.4, -0.2) is 0 Å². The lowest BCUT2D eigenvalue weighted by molar-refractivity contribution is 0.674. The van der Waals surface area contributed by atoms with Gasteiger partial charge in [-0.25, -0.2) is 0 Å². The Morgan fingerprint density at radius 1 is 0.900 bits per heavy atom. The van der Waals surface area contributed by atoms with Gasteiger partial charge < -0.3 is 11.5 Å². The summed E-state index contributed by atoms with van der Waals surface area (Å²) in [5.41, 5.74) is 17.0. The maximum Gasteiger partial charge on any atom is 0.0390 e. The minimum absolute atomic E-state index is 0.141.